The largest absolute Gasteiger partial charge is 0.462 e. The molecular formula is C56H98O6. The van der Waals surface area contributed by atoms with Gasteiger partial charge < -0.3 is 14.2 Å². The van der Waals surface area contributed by atoms with Gasteiger partial charge in [0.15, 0.2) is 6.10 Å². The molecule has 0 N–H and O–H groups in total. The van der Waals surface area contributed by atoms with E-state index in [0.29, 0.717) is 19.3 Å². The minimum Gasteiger partial charge on any atom is -0.462 e. The Morgan fingerprint density at radius 3 is 1.06 bits per heavy atom. The van der Waals surface area contributed by atoms with Gasteiger partial charge in [-0.2, -0.15) is 0 Å². The molecule has 0 aromatic heterocycles. The fourth-order valence-electron chi connectivity index (χ4n) is 7.33. The summed E-state index contributed by atoms with van der Waals surface area (Å²) >= 11 is 0. The summed E-state index contributed by atoms with van der Waals surface area (Å²) in [6.07, 6.45) is 62.2. The second-order valence-corrected chi connectivity index (χ2v) is 17.4. The molecule has 0 bridgehead atoms. The first-order chi connectivity index (χ1) is 30.5. The van der Waals surface area contributed by atoms with Crippen LogP contribution in [0.3, 0.4) is 0 Å². The predicted octanol–water partition coefficient (Wildman–Crippen LogP) is 17.3. The van der Waals surface area contributed by atoms with Crippen LogP contribution >= 0.6 is 0 Å². The smallest absolute Gasteiger partial charge is 0.306 e. The molecule has 6 heteroatoms. The van der Waals surface area contributed by atoms with Crippen molar-refractivity contribution in [2.24, 2.45) is 0 Å². The van der Waals surface area contributed by atoms with Gasteiger partial charge in [-0.05, 0) is 70.6 Å². The quantitative estimate of drug-likeness (QED) is 0.0262. The predicted molar refractivity (Wildman–Crippen MR) is 265 cm³/mol. The van der Waals surface area contributed by atoms with Crippen LogP contribution in [0.5, 0.6) is 0 Å². The molecule has 358 valence electrons. The van der Waals surface area contributed by atoms with Gasteiger partial charge in [0.2, 0.25) is 0 Å². The summed E-state index contributed by atoms with van der Waals surface area (Å²) in [6, 6.07) is 0. The Morgan fingerprint density at radius 1 is 0.339 bits per heavy atom. The topological polar surface area (TPSA) is 78.9 Å². The minimum absolute atomic E-state index is 0.103. The third-order valence-corrected chi connectivity index (χ3v) is 11.3. The van der Waals surface area contributed by atoms with E-state index in [9.17, 15) is 14.4 Å². The van der Waals surface area contributed by atoms with Gasteiger partial charge in [0.25, 0.3) is 0 Å². The summed E-state index contributed by atoms with van der Waals surface area (Å²) in [4.78, 5) is 37.9. The Morgan fingerprint density at radius 2 is 0.661 bits per heavy atom. The Balaban J connectivity index is 4.40. The minimum atomic E-state index is -0.812. The number of allylic oxidation sites excluding steroid dienone is 10. The average Bonchev–Trinajstić information content (AvgIpc) is 3.27. The number of hydrogen-bond donors (Lipinski definition) is 0. The number of ether oxygens (including phenoxy) is 3. The van der Waals surface area contributed by atoms with E-state index in [1.165, 1.54) is 141 Å². The summed E-state index contributed by atoms with van der Waals surface area (Å²) in [6.45, 7) is 6.45. The number of rotatable bonds is 47. The molecule has 0 fully saturated rings. The molecule has 0 aliphatic rings. The van der Waals surface area contributed by atoms with Crippen LogP contribution in [0, 0.1) is 0 Å². The molecular weight excluding hydrogens is 769 g/mol. The molecule has 0 aliphatic carbocycles. The van der Waals surface area contributed by atoms with Crippen molar-refractivity contribution >= 4 is 17.9 Å². The van der Waals surface area contributed by atoms with Crippen LogP contribution in [-0.4, -0.2) is 37.2 Å². The van der Waals surface area contributed by atoms with Crippen LogP contribution in [-0.2, 0) is 28.6 Å². The Bertz CT molecular complexity index is 1130. The molecule has 62 heavy (non-hydrogen) atoms. The van der Waals surface area contributed by atoms with Gasteiger partial charge in [-0.3, -0.25) is 14.4 Å². The zero-order valence-electron chi connectivity index (χ0n) is 40.9. The maximum absolute atomic E-state index is 12.7. The molecule has 0 aromatic carbocycles. The van der Waals surface area contributed by atoms with E-state index in [2.05, 4.69) is 69.4 Å². The first kappa shape index (κ1) is 59.1. The summed E-state index contributed by atoms with van der Waals surface area (Å²) in [5.74, 6) is -0.988. The molecule has 0 rings (SSSR count). The molecule has 0 heterocycles. The molecule has 0 amide bonds. The highest BCUT2D eigenvalue weighted by molar-refractivity contribution is 5.71. The van der Waals surface area contributed by atoms with E-state index in [4.69, 9.17) is 14.2 Å². The number of carbonyl (C=O) groups excluding carboxylic acids is 3. The van der Waals surface area contributed by atoms with E-state index in [1.807, 2.05) is 12.2 Å². The molecule has 0 spiro atoms. The fourth-order valence-corrected chi connectivity index (χ4v) is 7.33. The van der Waals surface area contributed by atoms with Crippen molar-refractivity contribution in [1.82, 2.24) is 0 Å². The zero-order chi connectivity index (χ0) is 45.1. The second kappa shape index (κ2) is 50.8. The fraction of sp³-hybridized carbons (Fsp3) is 0.768. The number of carbonyl (C=O) groups is 3. The lowest BCUT2D eigenvalue weighted by atomic mass is 10.0. The summed E-state index contributed by atoms with van der Waals surface area (Å²) < 4.78 is 16.7. The van der Waals surface area contributed by atoms with Gasteiger partial charge in [0, 0.05) is 19.3 Å². The molecule has 0 radical (unpaired) electrons. The monoisotopic (exact) mass is 867 g/mol. The van der Waals surface area contributed by atoms with Crippen LogP contribution in [0.1, 0.15) is 258 Å². The van der Waals surface area contributed by atoms with Crippen molar-refractivity contribution in [3.8, 4) is 0 Å². The third-order valence-electron chi connectivity index (χ3n) is 11.3. The van der Waals surface area contributed by atoms with E-state index in [-0.39, 0.29) is 37.5 Å². The molecule has 6 nitrogen and oxygen atoms in total. The first-order valence-corrected chi connectivity index (χ1v) is 26.3. The van der Waals surface area contributed by atoms with Crippen molar-refractivity contribution in [3.63, 3.8) is 0 Å². The highest BCUT2D eigenvalue weighted by Crippen LogP contribution is 2.16. The highest BCUT2D eigenvalue weighted by Gasteiger charge is 2.19. The number of esters is 3. The van der Waals surface area contributed by atoms with Gasteiger partial charge in [0.1, 0.15) is 13.2 Å². The van der Waals surface area contributed by atoms with Crippen LogP contribution in [0.4, 0.5) is 0 Å². The van der Waals surface area contributed by atoms with Crippen molar-refractivity contribution < 1.29 is 28.6 Å². The van der Waals surface area contributed by atoms with Crippen molar-refractivity contribution in [2.45, 2.75) is 264 Å². The van der Waals surface area contributed by atoms with Gasteiger partial charge in [-0.25, -0.2) is 0 Å². The van der Waals surface area contributed by atoms with Crippen LogP contribution in [0.15, 0.2) is 60.8 Å². The number of hydrogen-bond acceptors (Lipinski definition) is 6. The van der Waals surface area contributed by atoms with E-state index < -0.39 is 6.10 Å². The summed E-state index contributed by atoms with van der Waals surface area (Å²) in [7, 11) is 0. The van der Waals surface area contributed by atoms with Gasteiger partial charge in [-0.1, -0.05) is 229 Å². The van der Waals surface area contributed by atoms with Crippen LogP contribution in [0.2, 0.25) is 0 Å². The molecule has 0 saturated carbocycles. The second-order valence-electron chi connectivity index (χ2n) is 17.4. The standard InChI is InChI=1S/C56H98O6/c1-4-7-10-13-16-19-22-25-26-27-28-29-32-34-37-40-43-46-49-55(58)61-52-53(62-56(59)50-47-44-41-38-35-31-24-21-18-15-12-9-6-3)51-60-54(57)48-45-42-39-36-33-30-23-20-17-14-11-8-5-2/h9,12,18,20-21,23,31,35,41,44,53H,4-8,10-11,13-17,19,22,24-30,32-34,36-40,42-43,45-52H2,1-3H3/b12-9-,21-18-,23-20-,35-31-,44-41-. The van der Waals surface area contributed by atoms with Gasteiger partial charge >= 0.3 is 17.9 Å². The van der Waals surface area contributed by atoms with E-state index >= 15 is 0 Å². The van der Waals surface area contributed by atoms with Crippen LogP contribution < -0.4 is 0 Å². The molecule has 0 aliphatic heterocycles. The lowest BCUT2D eigenvalue weighted by Crippen LogP contribution is -2.30. The number of unbranched alkanes of at least 4 members (excludes halogenated alkanes) is 26. The van der Waals surface area contributed by atoms with E-state index in [1.54, 1.807) is 0 Å². The Hall–Kier alpha value is -2.89. The highest BCUT2D eigenvalue weighted by atomic mass is 16.6. The lowest BCUT2D eigenvalue weighted by Gasteiger charge is -2.18. The Kier molecular flexibility index (Phi) is 48.4. The SMILES string of the molecule is CC/C=C\C/C=C\C/C=C\C/C=C\CCC(=O)OC(COC(=O)CCCCCCC/C=C\CCCCCC)COC(=O)CCCCCCCCCCCCCCCCCCCC. The van der Waals surface area contributed by atoms with Crippen molar-refractivity contribution in [3.05, 3.63) is 60.8 Å². The molecule has 0 saturated heterocycles. The van der Waals surface area contributed by atoms with E-state index in [0.717, 1.165) is 70.6 Å². The van der Waals surface area contributed by atoms with Crippen LogP contribution in [0.25, 0.3) is 0 Å². The zero-order valence-corrected chi connectivity index (χ0v) is 40.9. The van der Waals surface area contributed by atoms with Crippen molar-refractivity contribution in [1.29, 1.82) is 0 Å². The summed E-state index contributed by atoms with van der Waals surface area (Å²) in [5, 5.41) is 0. The Labute approximate surface area is 383 Å². The maximum Gasteiger partial charge on any atom is 0.306 e. The third kappa shape index (κ3) is 48.1. The first-order valence-electron chi connectivity index (χ1n) is 26.3. The maximum atomic E-state index is 12.7. The van der Waals surface area contributed by atoms with Crippen molar-refractivity contribution in [2.75, 3.05) is 13.2 Å². The van der Waals surface area contributed by atoms with Gasteiger partial charge in [0.05, 0.1) is 0 Å². The average molecular weight is 867 g/mol. The molecule has 0 aromatic rings. The van der Waals surface area contributed by atoms with Gasteiger partial charge in [-0.15, -0.1) is 0 Å². The normalized spacial score (nSPS) is 12.5. The summed E-state index contributed by atoms with van der Waals surface area (Å²) in [5.41, 5.74) is 0. The molecule has 1 unspecified atom stereocenters. The molecule has 1 atom stereocenters. The lowest BCUT2D eigenvalue weighted by molar-refractivity contribution is -0.166.